The zero-order chi connectivity index (χ0) is 9.97. The molecule has 2 rings (SSSR count). The Kier molecular flexibility index (Phi) is 2.99. The van der Waals surface area contributed by atoms with E-state index in [1.54, 1.807) is 0 Å². The van der Waals surface area contributed by atoms with Gasteiger partial charge in [0.25, 0.3) is 0 Å². The van der Waals surface area contributed by atoms with Crippen LogP contribution in [0.4, 0.5) is 5.69 Å². The number of rotatable bonds is 1. The lowest BCUT2D eigenvalue weighted by molar-refractivity contribution is 0.993. The first-order chi connectivity index (χ1) is 6.81. The van der Waals surface area contributed by atoms with Gasteiger partial charge in [-0.05, 0) is 34.1 Å². The van der Waals surface area contributed by atoms with Crippen LogP contribution in [-0.2, 0) is 0 Å². The molecule has 0 N–H and O–H groups in total. The summed E-state index contributed by atoms with van der Waals surface area (Å²) in [6.07, 6.45) is 0. The summed E-state index contributed by atoms with van der Waals surface area (Å²) < 4.78 is 0.884. The van der Waals surface area contributed by atoms with Crippen LogP contribution in [0.5, 0.6) is 0 Å². The van der Waals surface area contributed by atoms with Crippen molar-refractivity contribution in [2.75, 3.05) is 23.1 Å². The van der Waals surface area contributed by atoms with Crippen molar-refractivity contribution in [3.8, 4) is 6.07 Å². The summed E-state index contributed by atoms with van der Waals surface area (Å²) in [6.45, 7) is 1.10. The maximum Gasteiger partial charge on any atom is 0.100 e. The molecular weight excluding hydrogens is 260 g/mol. The van der Waals surface area contributed by atoms with Crippen LogP contribution in [-0.4, -0.2) is 18.2 Å². The van der Waals surface area contributed by atoms with E-state index < -0.39 is 0 Å². The summed E-state index contributed by atoms with van der Waals surface area (Å²) >= 11 is 5.34. The molecule has 0 amide bonds. The topological polar surface area (TPSA) is 27.0 Å². The molecule has 0 atom stereocenters. The fraction of sp³-hybridized carbons (Fsp3) is 0.300. The van der Waals surface area contributed by atoms with Crippen LogP contribution in [0.15, 0.2) is 22.7 Å². The molecule has 1 aliphatic heterocycles. The lowest BCUT2D eigenvalue weighted by Gasteiger charge is -2.16. The quantitative estimate of drug-likeness (QED) is 0.784. The van der Waals surface area contributed by atoms with E-state index in [4.69, 9.17) is 5.26 Å². The molecule has 1 aliphatic rings. The van der Waals surface area contributed by atoms with E-state index >= 15 is 0 Å². The maximum absolute atomic E-state index is 8.78. The van der Waals surface area contributed by atoms with Gasteiger partial charge < -0.3 is 4.90 Å². The molecule has 4 heteroatoms. The Morgan fingerprint density at radius 1 is 1.50 bits per heavy atom. The van der Waals surface area contributed by atoms with Crippen LogP contribution in [0, 0.1) is 11.3 Å². The van der Waals surface area contributed by atoms with Crippen LogP contribution in [0.3, 0.4) is 0 Å². The Hall–Kier alpha value is -0.660. The second-order valence-corrected chi connectivity index (χ2v) is 5.01. The second-order valence-electron chi connectivity index (χ2n) is 3.08. The van der Waals surface area contributed by atoms with Gasteiger partial charge >= 0.3 is 0 Å². The van der Waals surface area contributed by atoms with Crippen molar-refractivity contribution in [3.63, 3.8) is 0 Å². The molecule has 0 aromatic heterocycles. The van der Waals surface area contributed by atoms with Gasteiger partial charge in [-0.1, -0.05) is 0 Å². The maximum atomic E-state index is 8.78. The summed E-state index contributed by atoms with van der Waals surface area (Å²) in [5, 5.41) is 8.78. The summed E-state index contributed by atoms with van der Waals surface area (Å²) in [5.41, 5.74) is 1.89. The number of hydrogen-bond acceptors (Lipinski definition) is 3. The molecule has 2 nitrogen and oxygen atoms in total. The van der Waals surface area contributed by atoms with Gasteiger partial charge in [0.05, 0.1) is 11.4 Å². The molecule has 0 bridgehead atoms. The monoisotopic (exact) mass is 268 g/mol. The molecule has 14 heavy (non-hydrogen) atoms. The van der Waals surface area contributed by atoms with Gasteiger partial charge in [0, 0.05) is 22.5 Å². The fourth-order valence-corrected chi connectivity index (χ4v) is 2.84. The number of halogens is 1. The van der Waals surface area contributed by atoms with Crippen molar-refractivity contribution < 1.29 is 0 Å². The van der Waals surface area contributed by atoms with E-state index in [9.17, 15) is 0 Å². The summed E-state index contributed by atoms with van der Waals surface area (Å²) in [6, 6.07) is 8.03. The van der Waals surface area contributed by atoms with E-state index in [0.29, 0.717) is 5.56 Å². The largest absolute Gasteiger partial charge is 0.361 e. The van der Waals surface area contributed by atoms with Gasteiger partial charge in [-0.25, -0.2) is 0 Å². The lowest BCUT2D eigenvalue weighted by Crippen LogP contribution is -2.17. The van der Waals surface area contributed by atoms with Crippen molar-refractivity contribution >= 4 is 33.4 Å². The number of anilines is 1. The molecular formula is C10H9BrN2S. The van der Waals surface area contributed by atoms with E-state index in [1.807, 2.05) is 30.0 Å². The number of benzene rings is 1. The van der Waals surface area contributed by atoms with Gasteiger partial charge in [0.2, 0.25) is 0 Å². The van der Waals surface area contributed by atoms with Crippen LogP contribution in [0.1, 0.15) is 5.56 Å². The molecule has 0 unspecified atom stereocenters. The molecule has 1 aromatic rings. The Labute approximate surface area is 96.0 Å². The molecule has 72 valence electrons. The normalized spacial score (nSPS) is 15.6. The molecule has 1 heterocycles. The minimum atomic E-state index is 0.695. The van der Waals surface area contributed by atoms with Crippen LogP contribution in [0.25, 0.3) is 0 Å². The highest BCUT2D eigenvalue weighted by Crippen LogP contribution is 2.27. The van der Waals surface area contributed by atoms with Gasteiger partial charge in [-0.2, -0.15) is 5.26 Å². The Balaban J connectivity index is 2.28. The number of hydrogen-bond donors (Lipinski definition) is 0. The summed E-state index contributed by atoms with van der Waals surface area (Å²) in [7, 11) is 0. The number of thioether (sulfide) groups is 1. The van der Waals surface area contributed by atoms with Crippen molar-refractivity contribution in [2.24, 2.45) is 0 Å². The molecule has 0 saturated carbocycles. The van der Waals surface area contributed by atoms with E-state index in [1.165, 1.54) is 11.4 Å². The van der Waals surface area contributed by atoms with Gasteiger partial charge in [0.15, 0.2) is 0 Å². The van der Waals surface area contributed by atoms with Crippen LogP contribution in [0.2, 0.25) is 0 Å². The van der Waals surface area contributed by atoms with Gasteiger partial charge in [0.1, 0.15) is 6.07 Å². The van der Waals surface area contributed by atoms with Crippen molar-refractivity contribution in [3.05, 3.63) is 28.2 Å². The smallest absolute Gasteiger partial charge is 0.100 e. The lowest BCUT2D eigenvalue weighted by atomic mass is 10.2. The highest BCUT2D eigenvalue weighted by atomic mass is 79.9. The predicted molar refractivity (Wildman–Crippen MR) is 63.5 cm³/mol. The van der Waals surface area contributed by atoms with Gasteiger partial charge in [-0.15, -0.1) is 11.8 Å². The number of nitriles is 1. The molecule has 1 fully saturated rings. The van der Waals surface area contributed by atoms with Crippen LogP contribution >= 0.6 is 27.7 Å². The molecule has 0 spiro atoms. The standard InChI is InChI=1S/C10H9BrN2S/c11-10-5-9(2-1-8(10)6-12)13-3-4-14-7-13/h1-2,5H,3-4,7H2. The van der Waals surface area contributed by atoms with Crippen molar-refractivity contribution in [2.45, 2.75) is 0 Å². The third kappa shape index (κ3) is 1.89. The third-order valence-electron chi connectivity index (χ3n) is 2.19. The number of nitrogens with zero attached hydrogens (tertiary/aromatic N) is 2. The highest BCUT2D eigenvalue weighted by Gasteiger charge is 2.13. The average molecular weight is 269 g/mol. The average Bonchev–Trinajstić information content (AvgIpc) is 2.70. The minimum absolute atomic E-state index is 0.695. The first-order valence-corrected chi connectivity index (χ1v) is 6.28. The zero-order valence-electron chi connectivity index (χ0n) is 7.53. The molecule has 0 aliphatic carbocycles. The van der Waals surface area contributed by atoms with E-state index in [2.05, 4.69) is 26.9 Å². The minimum Gasteiger partial charge on any atom is -0.361 e. The Morgan fingerprint density at radius 3 is 2.93 bits per heavy atom. The first kappa shape index (κ1) is 9.88. The van der Waals surface area contributed by atoms with E-state index in [0.717, 1.165) is 16.9 Å². The predicted octanol–water partition coefficient (Wildman–Crippen LogP) is 2.83. The van der Waals surface area contributed by atoms with Crippen molar-refractivity contribution in [1.82, 2.24) is 0 Å². The fourth-order valence-electron chi connectivity index (χ4n) is 1.41. The highest BCUT2D eigenvalue weighted by molar-refractivity contribution is 9.10. The summed E-state index contributed by atoms with van der Waals surface area (Å²) in [5.74, 6) is 2.25. The van der Waals surface area contributed by atoms with Crippen molar-refractivity contribution in [1.29, 1.82) is 5.26 Å². The molecule has 1 aromatic carbocycles. The van der Waals surface area contributed by atoms with Gasteiger partial charge in [-0.3, -0.25) is 0 Å². The first-order valence-electron chi connectivity index (χ1n) is 4.33. The molecule has 1 saturated heterocycles. The molecule has 0 radical (unpaired) electrons. The van der Waals surface area contributed by atoms with Crippen LogP contribution < -0.4 is 4.90 Å². The Bertz CT molecular complexity index is 380. The van der Waals surface area contributed by atoms with E-state index in [-0.39, 0.29) is 0 Å². The Morgan fingerprint density at radius 2 is 2.36 bits per heavy atom. The summed E-state index contributed by atoms with van der Waals surface area (Å²) in [4.78, 5) is 2.32. The third-order valence-corrected chi connectivity index (χ3v) is 3.81. The zero-order valence-corrected chi connectivity index (χ0v) is 9.94. The second kappa shape index (κ2) is 4.24. The SMILES string of the molecule is N#Cc1ccc(N2CCSC2)cc1Br.